The van der Waals surface area contributed by atoms with E-state index in [1.807, 2.05) is 30.6 Å². The molecule has 1 aromatic heterocycles. The maximum Gasteiger partial charge on any atom is 0.227 e. The lowest BCUT2D eigenvalue weighted by atomic mass is 10.1. The third-order valence-electron chi connectivity index (χ3n) is 2.85. The zero-order valence-electron chi connectivity index (χ0n) is 10.4. The molecule has 1 aromatic carbocycles. The standard InChI is InChI=1S/C13H13N3O2S/c1-14-13-16-10(7-19-13)8-2-3-11-9(6-8)15-12(17)4-5-18-11/h2-3,6-7H,4-5H2,1H3,(H,14,16)(H,15,17). The molecular weight excluding hydrogens is 262 g/mol. The largest absolute Gasteiger partial charge is 0.491 e. The van der Waals surface area contributed by atoms with Crippen molar-refractivity contribution in [2.24, 2.45) is 0 Å². The number of fused-ring (bicyclic) bond motifs is 1. The first-order valence-corrected chi connectivity index (χ1v) is 6.84. The van der Waals surface area contributed by atoms with Crippen LogP contribution in [0.3, 0.4) is 0 Å². The molecule has 5 nitrogen and oxygen atoms in total. The molecular formula is C13H13N3O2S. The van der Waals surface area contributed by atoms with E-state index in [1.54, 1.807) is 11.3 Å². The van der Waals surface area contributed by atoms with E-state index in [0.717, 1.165) is 16.4 Å². The molecule has 0 unspecified atom stereocenters. The minimum absolute atomic E-state index is 0.0231. The zero-order valence-corrected chi connectivity index (χ0v) is 11.2. The first-order valence-electron chi connectivity index (χ1n) is 5.96. The van der Waals surface area contributed by atoms with E-state index < -0.39 is 0 Å². The first kappa shape index (κ1) is 12.0. The fourth-order valence-corrected chi connectivity index (χ4v) is 2.58. The van der Waals surface area contributed by atoms with Crippen LogP contribution in [0, 0.1) is 0 Å². The van der Waals surface area contributed by atoms with Gasteiger partial charge in [0.25, 0.3) is 0 Å². The molecule has 0 saturated carbocycles. The Morgan fingerprint density at radius 3 is 3.16 bits per heavy atom. The number of nitrogens with one attached hydrogen (secondary N) is 2. The van der Waals surface area contributed by atoms with Gasteiger partial charge in [0.1, 0.15) is 5.75 Å². The van der Waals surface area contributed by atoms with Crippen molar-refractivity contribution in [3.63, 3.8) is 0 Å². The Hall–Kier alpha value is -2.08. The number of carbonyl (C=O) groups excluding carboxylic acids is 1. The van der Waals surface area contributed by atoms with Crippen LogP contribution in [0.2, 0.25) is 0 Å². The highest BCUT2D eigenvalue weighted by molar-refractivity contribution is 7.14. The van der Waals surface area contributed by atoms with E-state index in [1.165, 1.54) is 0 Å². The van der Waals surface area contributed by atoms with Crippen molar-refractivity contribution in [2.45, 2.75) is 6.42 Å². The number of benzene rings is 1. The Morgan fingerprint density at radius 2 is 2.37 bits per heavy atom. The van der Waals surface area contributed by atoms with Gasteiger partial charge in [-0.2, -0.15) is 0 Å². The highest BCUT2D eigenvalue weighted by Crippen LogP contribution is 2.33. The highest BCUT2D eigenvalue weighted by Gasteiger charge is 2.15. The Balaban J connectivity index is 1.98. The fourth-order valence-electron chi connectivity index (χ4n) is 1.90. The van der Waals surface area contributed by atoms with Crippen molar-refractivity contribution in [1.29, 1.82) is 0 Å². The molecule has 0 radical (unpaired) electrons. The zero-order chi connectivity index (χ0) is 13.2. The summed E-state index contributed by atoms with van der Waals surface area (Å²) in [6.07, 6.45) is 0.380. The van der Waals surface area contributed by atoms with E-state index in [9.17, 15) is 4.79 Å². The summed E-state index contributed by atoms with van der Waals surface area (Å²) in [4.78, 5) is 16.0. The molecule has 1 amide bonds. The summed E-state index contributed by atoms with van der Waals surface area (Å²) in [6.45, 7) is 0.415. The van der Waals surface area contributed by atoms with Gasteiger partial charge in [-0.25, -0.2) is 4.98 Å². The quantitative estimate of drug-likeness (QED) is 0.884. The molecule has 1 aliphatic rings. The summed E-state index contributed by atoms with van der Waals surface area (Å²) in [5.74, 6) is 0.684. The molecule has 2 aromatic rings. The predicted octanol–water partition coefficient (Wildman–Crippen LogP) is 2.57. The molecule has 19 heavy (non-hydrogen) atoms. The van der Waals surface area contributed by atoms with Gasteiger partial charge in [-0.3, -0.25) is 4.79 Å². The number of amides is 1. The van der Waals surface area contributed by atoms with Gasteiger partial charge in [0.2, 0.25) is 5.91 Å². The molecule has 0 saturated heterocycles. The summed E-state index contributed by atoms with van der Waals surface area (Å²) in [5, 5.41) is 8.70. The third-order valence-corrected chi connectivity index (χ3v) is 3.71. The Labute approximate surface area is 114 Å². The molecule has 1 aliphatic heterocycles. The van der Waals surface area contributed by atoms with Gasteiger partial charge in [-0.05, 0) is 18.2 Å². The smallest absolute Gasteiger partial charge is 0.227 e. The monoisotopic (exact) mass is 275 g/mol. The lowest BCUT2D eigenvalue weighted by Gasteiger charge is -2.08. The number of hydrogen-bond acceptors (Lipinski definition) is 5. The minimum Gasteiger partial charge on any atom is -0.491 e. The summed E-state index contributed by atoms with van der Waals surface area (Å²) < 4.78 is 5.52. The maximum atomic E-state index is 11.5. The number of aromatic nitrogens is 1. The number of anilines is 2. The second-order valence-corrected chi connectivity index (χ2v) is 5.00. The number of thiazole rings is 1. The van der Waals surface area contributed by atoms with E-state index in [4.69, 9.17) is 4.74 Å². The lowest BCUT2D eigenvalue weighted by molar-refractivity contribution is -0.116. The summed E-state index contributed by atoms with van der Waals surface area (Å²) in [7, 11) is 1.84. The number of rotatable bonds is 2. The van der Waals surface area contributed by atoms with Gasteiger partial charge < -0.3 is 15.4 Å². The van der Waals surface area contributed by atoms with Crippen LogP contribution >= 0.6 is 11.3 Å². The Kier molecular flexibility index (Phi) is 3.08. The van der Waals surface area contributed by atoms with Crippen LogP contribution in [0.25, 0.3) is 11.3 Å². The average molecular weight is 275 g/mol. The SMILES string of the molecule is CNc1nc(-c2ccc3c(c2)NC(=O)CCO3)cs1. The third kappa shape index (κ3) is 2.39. The molecule has 3 rings (SSSR count). The van der Waals surface area contributed by atoms with Crippen LogP contribution in [0.15, 0.2) is 23.6 Å². The Morgan fingerprint density at radius 1 is 1.47 bits per heavy atom. The molecule has 6 heteroatoms. The minimum atomic E-state index is -0.0231. The van der Waals surface area contributed by atoms with Crippen LogP contribution in [-0.2, 0) is 4.79 Å². The van der Waals surface area contributed by atoms with E-state index in [2.05, 4.69) is 15.6 Å². The second-order valence-electron chi connectivity index (χ2n) is 4.15. The molecule has 98 valence electrons. The van der Waals surface area contributed by atoms with Crippen molar-refractivity contribution in [3.05, 3.63) is 23.6 Å². The van der Waals surface area contributed by atoms with Crippen LogP contribution in [-0.4, -0.2) is 24.5 Å². The number of carbonyl (C=O) groups is 1. The molecule has 0 aliphatic carbocycles. The molecule has 0 bridgehead atoms. The van der Waals surface area contributed by atoms with Crippen molar-refractivity contribution in [2.75, 3.05) is 24.3 Å². The highest BCUT2D eigenvalue weighted by atomic mass is 32.1. The fraction of sp³-hybridized carbons (Fsp3) is 0.231. The van der Waals surface area contributed by atoms with Crippen molar-refractivity contribution >= 4 is 28.1 Å². The normalized spacial score (nSPS) is 14.1. The van der Waals surface area contributed by atoms with Crippen molar-refractivity contribution < 1.29 is 9.53 Å². The molecule has 0 fully saturated rings. The summed E-state index contributed by atoms with van der Waals surface area (Å²) in [6, 6.07) is 5.71. The Bertz CT molecular complexity index is 624. The van der Waals surface area contributed by atoms with E-state index >= 15 is 0 Å². The number of ether oxygens (including phenoxy) is 1. The van der Waals surface area contributed by atoms with E-state index in [-0.39, 0.29) is 5.91 Å². The van der Waals surface area contributed by atoms with Crippen LogP contribution in [0.4, 0.5) is 10.8 Å². The van der Waals surface area contributed by atoms with E-state index in [0.29, 0.717) is 24.5 Å². The van der Waals surface area contributed by atoms with Crippen LogP contribution in [0.1, 0.15) is 6.42 Å². The molecule has 0 spiro atoms. The maximum absolute atomic E-state index is 11.5. The summed E-state index contributed by atoms with van der Waals surface area (Å²) in [5.41, 5.74) is 2.55. The van der Waals surface area contributed by atoms with Gasteiger partial charge in [0.15, 0.2) is 5.13 Å². The second kappa shape index (κ2) is 4.89. The number of hydrogen-bond donors (Lipinski definition) is 2. The molecule has 0 atom stereocenters. The van der Waals surface area contributed by atoms with Crippen LogP contribution < -0.4 is 15.4 Å². The molecule has 2 N–H and O–H groups in total. The topological polar surface area (TPSA) is 63.2 Å². The van der Waals surface area contributed by atoms with Gasteiger partial charge >= 0.3 is 0 Å². The van der Waals surface area contributed by atoms with Crippen molar-refractivity contribution in [3.8, 4) is 17.0 Å². The number of nitrogens with zero attached hydrogens (tertiary/aromatic N) is 1. The van der Waals surface area contributed by atoms with Crippen LogP contribution in [0.5, 0.6) is 5.75 Å². The first-order chi connectivity index (χ1) is 9.26. The average Bonchev–Trinajstić information content (AvgIpc) is 2.81. The lowest BCUT2D eigenvalue weighted by Crippen LogP contribution is -2.10. The van der Waals surface area contributed by atoms with Gasteiger partial charge in [-0.15, -0.1) is 11.3 Å². The molecule has 2 heterocycles. The summed E-state index contributed by atoms with van der Waals surface area (Å²) >= 11 is 1.55. The predicted molar refractivity (Wildman–Crippen MR) is 75.8 cm³/mol. The van der Waals surface area contributed by atoms with Gasteiger partial charge in [0.05, 0.1) is 24.4 Å². The van der Waals surface area contributed by atoms with Crippen molar-refractivity contribution in [1.82, 2.24) is 4.98 Å². The van der Waals surface area contributed by atoms with Gasteiger partial charge in [0, 0.05) is 18.0 Å². The van der Waals surface area contributed by atoms with Gasteiger partial charge in [-0.1, -0.05) is 0 Å².